The second-order valence-corrected chi connectivity index (χ2v) is 11.9. The van der Waals surface area contributed by atoms with Crippen LogP contribution in [0.25, 0.3) is 10.1 Å². The van der Waals surface area contributed by atoms with E-state index in [4.69, 9.17) is 10.5 Å². The van der Waals surface area contributed by atoms with Gasteiger partial charge in [-0.25, -0.2) is 4.79 Å². The maximum atomic E-state index is 13.1. The van der Waals surface area contributed by atoms with Gasteiger partial charge in [-0.1, -0.05) is 44.2 Å². The molecule has 6 nitrogen and oxygen atoms in total. The van der Waals surface area contributed by atoms with Gasteiger partial charge in [0.1, 0.15) is 0 Å². The summed E-state index contributed by atoms with van der Waals surface area (Å²) in [6.07, 6.45) is 11.8. The summed E-state index contributed by atoms with van der Waals surface area (Å²) < 4.78 is 6.45. The van der Waals surface area contributed by atoms with Gasteiger partial charge in [0.25, 0.3) is 0 Å². The Morgan fingerprint density at radius 3 is 2.86 bits per heavy atom. The lowest BCUT2D eigenvalue weighted by Crippen LogP contribution is -2.52. The van der Waals surface area contributed by atoms with Gasteiger partial charge in [0.15, 0.2) is 0 Å². The van der Waals surface area contributed by atoms with Crippen molar-refractivity contribution in [3.63, 3.8) is 0 Å². The van der Waals surface area contributed by atoms with Gasteiger partial charge in [-0.15, -0.1) is 11.3 Å². The number of amides is 2. The van der Waals surface area contributed by atoms with Crippen molar-refractivity contribution < 1.29 is 14.6 Å². The number of nitrogens with two attached hydrogens (primary N) is 1. The summed E-state index contributed by atoms with van der Waals surface area (Å²) in [5.41, 5.74) is 6.41. The van der Waals surface area contributed by atoms with E-state index in [0.29, 0.717) is 32.0 Å². The van der Waals surface area contributed by atoms with Crippen LogP contribution in [-0.4, -0.2) is 55.4 Å². The van der Waals surface area contributed by atoms with Crippen LogP contribution in [0, 0.1) is 11.8 Å². The zero-order valence-electron chi connectivity index (χ0n) is 21.9. The summed E-state index contributed by atoms with van der Waals surface area (Å²) in [5.74, 6) is 0.693. The number of piperidine rings is 1. The Bertz CT molecular complexity index is 960. The van der Waals surface area contributed by atoms with Crippen LogP contribution in [0.1, 0.15) is 76.2 Å². The lowest BCUT2D eigenvalue weighted by molar-refractivity contribution is -0.0551. The van der Waals surface area contributed by atoms with E-state index in [0.717, 1.165) is 49.6 Å². The Hall–Kier alpha value is -1.67. The van der Waals surface area contributed by atoms with Gasteiger partial charge < -0.3 is 25.8 Å². The number of rotatable bonds is 11. The molecule has 7 heteroatoms. The number of methoxy groups -OCH3 is 1. The predicted molar refractivity (Wildman–Crippen MR) is 148 cm³/mol. The highest BCUT2D eigenvalue weighted by molar-refractivity contribution is 7.17. The molecule has 3 atom stereocenters. The van der Waals surface area contributed by atoms with Gasteiger partial charge in [0, 0.05) is 50.0 Å². The number of nitrogens with zero attached hydrogens (tertiary/aromatic N) is 1. The molecule has 0 spiro atoms. The van der Waals surface area contributed by atoms with Crippen molar-refractivity contribution >= 4 is 27.5 Å². The summed E-state index contributed by atoms with van der Waals surface area (Å²) in [6, 6.07) is 8.33. The standard InChI is InChI=1S/C29H45N3O3S/c1-35-17-6-5-15-29(34,26-12-7-13-27-25(26)14-18-36-27)23-11-8-16-32(21-23)28(33)31-20-24(30)19-22-9-3-2-4-10-22/h7,12-14,18,22-24,34H,2-6,8-11,15-17,19-21,30H2,1H3,(H,31,33)/t23-,24?,29+/m1/s1. The smallest absolute Gasteiger partial charge is 0.317 e. The first-order valence-electron chi connectivity index (χ1n) is 14.0. The van der Waals surface area contributed by atoms with Crippen LogP contribution in [0.4, 0.5) is 4.79 Å². The molecule has 2 heterocycles. The van der Waals surface area contributed by atoms with Crippen LogP contribution in [0.15, 0.2) is 29.6 Å². The first kappa shape index (κ1) is 27.4. The van der Waals surface area contributed by atoms with Gasteiger partial charge >= 0.3 is 6.03 Å². The zero-order chi connectivity index (χ0) is 25.4. The van der Waals surface area contributed by atoms with Crippen LogP contribution < -0.4 is 11.1 Å². The number of thiophene rings is 1. The highest BCUT2D eigenvalue weighted by Crippen LogP contribution is 2.43. The fourth-order valence-electron chi connectivity index (χ4n) is 6.39. The Morgan fingerprint density at radius 1 is 1.22 bits per heavy atom. The monoisotopic (exact) mass is 515 g/mol. The molecule has 1 aliphatic heterocycles. The number of nitrogens with one attached hydrogen (secondary N) is 1. The molecule has 0 radical (unpaired) electrons. The van der Waals surface area contributed by atoms with Crippen molar-refractivity contribution in [2.75, 3.05) is 33.4 Å². The van der Waals surface area contributed by atoms with E-state index in [1.54, 1.807) is 18.4 Å². The highest BCUT2D eigenvalue weighted by Gasteiger charge is 2.42. The molecule has 2 aliphatic rings. The highest BCUT2D eigenvalue weighted by atomic mass is 32.1. The second kappa shape index (κ2) is 13.2. The van der Waals surface area contributed by atoms with Crippen molar-refractivity contribution in [3.05, 3.63) is 35.2 Å². The van der Waals surface area contributed by atoms with Crippen LogP contribution in [0.5, 0.6) is 0 Å². The topological polar surface area (TPSA) is 87.8 Å². The number of ether oxygens (including phenoxy) is 1. The maximum Gasteiger partial charge on any atom is 0.317 e. The average molecular weight is 516 g/mol. The van der Waals surface area contributed by atoms with Gasteiger partial charge in [-0.3, -0.25) is 0 Å². The second-order valence-electron chi connectivity index (χ2n) is 11.0. The molecule has 36 heavy (non-hydrogen) atoms. The lowest BCUT2D eigenvalue weighted by Gasteiger charge is -2.43. The number of aliphatic hydroxyl groups is 1. The van der Waals surface area contributed by atoms with Crippen LogP contribution in [0.3, 0.4) is 0 Å². The maximum absolute atomic E-state index is 13.1. The molecule has 1 aromatic heterocycles. The van der Waals surface area contributed by atoms with Gasteiger partial charge in [-0.2, -0.15) is 0 Å². The minimum absolute atomic E-state index is 0.00606. The Labute approximate surface area is 220 Å². The number of fused-ring (bicyclic) bond motifs is 1. The van der Waals surface area contributed by atoms with E-state index >= 15 is 0 Å². The van der Waals surface area contributed by atoms with Crippen LogP contribution >= 0.6 is 11.3 Å². The van der Waals surface area contributed by atoms with E-state index < -0.39 is 5.60 Å². The molecule has 1 aromatic carbocycles. The average Bonchev–Trinajstić information content (AvgIpc) is 3.39. The van der Waals surface area contributed by atoms with E-state index in [-0.39, 0.29) is 18.0 Å². The molecule has 1 saturated carbocycles. The van der Waals surface area contributed by atoms with Crippen molar-refractivity contribution in [1.29, 1.82) is 0 Å². The number of hydrogen-bond acceptors (Lipinski definition) is 5. The molecule has 0 bridgehead atoms. The van der Waals surface area contributed by atoms with Gasteiger partial charge in [0.2, 0.25) is 0 Å². The Morgan fingerprint density at radius 2 is 2.06 bits per heavy atom. The number of benzene rings is 1. The zero-order valence-corrected chi connectivity index (χ0v) is 22.7. The summed E-state index contributed by atoms with van der Waals surface area (Å²) in [6.45, 7) is 2.50. The largest absolute Gasteiger partial charge is 0.385 e. The molecule has 2 amide bonds. The third kappa shape index (κ3) is 6.80. The normalized spacial score (nSPS) is 21.9. The van der Waals surface area contributed by atoms with Crippen molar-refractivity contribution in [1.82, 2.24) is 10.2 Å². The molecule has 4 rings (SSSR count). The van der Waals surface area contributed by atoms with E-state index in [1.807, 2.05) is 4.90 Å². The fourth-order valence-corrected chi connectivity index (χ4v) is 7.20. The Kier molecular flexibility index (Phi) is 10.1. The molecular formula is C29H45N3O3S. The van der Waals surface area contributed by atoms with E-state index in [9.17, 15) is 9.90 Å². The van der Waals surface area contributed by atoms with Gasteiger partial charge in [-0.05, 0) is 72.9 Å². The molecule has 1 unspecified atom stereocenters. The van der Waals surface area contributed by atoms with Crippen molar-refractivity contribution in [3.8, 4) is 0 Å². The van der Waals surface area contributed by atoms with E-state index in [2.05, 4.69) is 35.0 Å². The molecule has 1 saturated heterocycles. The molecule has 2 aromatic rings. The molecule has 2 fully saturated rings. The van der Waals surface area contributed by atoms with Crippen molar-refractivity contribution in [2.45, 2.75) is 82.3 Å². The molecule has 4 N–H and O–H groups in total. The molecular weight excluding hydrogens is 470 g/mol. The number of hydrogen-bond donors (Lipinski definition) is 3. The lowest BCUT2D eigenvalue weighted by atomic mass is 9.73. The number of likely N-dealkylation sites (tertiary alicyclic amines) is 1. The number of carbonyl (C=O) groups is 1. The summed E-state index contributed by atoms with van der Waals surface area (Å²) in [5, 5.41) is 18.6. The van der Waals surface area contributed by atoms with Gasteiger partial charge in [0.05, 0.1) is 5.60 Å². The summed E-state index contributed by atoms with van der Waals surface area (Å²) >= 11 is 1.71. The number of unbranched alkanes of at least 4 members (excludes halogenated alkanes) is 1. The minimum atomic E-state index is -0.981. The SMILES string of the molecule is COCCCC[C@@](O)(c1cccc2sccc12)[C@@H]1CCCN(C(=O)NCC(N)CC2CCCCC2)C1. The van der Waals surface area contributed by atoms with Crippen LogP contribution in [0.2, 0.25) is 0 Å². The first-order valence-corrected chi connectivity index (χ1v) is 14.9. The molecule has 200 valence electrons. The molecule has 1 aliphatic carbocycles. The van der Waals surface area contributed by atoms with Crippen molar-refractivity contribution in [2.24, 2.45) is 17.6 Å². The predicted octanol–water partition coefficient (Wildman–Crippen LogP) is 5.62. The van der Waals surface area contributed by atoms with Crippen LogP contribution in [-0.2, 0) is 10.3 Å². The summed E-state index contributed by atoms with van der Waals surface area (Å²) in [4.78, 5) is 15.0. The van der Waals surface area contributed by atoms with E-state index in [1.165, 1.54) is 36.8 Å². The first-order chi connectivity index (χ1) is 17.5. The quantitative estimate of drug-likeness (QED) is 0.339. The third-order valence-corrected chi connectivity index (χ3v) is 9.26. The fraction of sp³-hybridized carbons (Fsp3) is 0.690. The number of carbonyl (C=O) groups excluding carboxylic acids is 1. The summed E-state index contributed by atoms with van der Waals surface area (Å²) in [7, 11) is 1.72. The Balaban J connectivity index is 1.41. The number of urea groups is 1. The third-order valence-electron chi connectivity index (χ3n) is 8.38. The minimum Gasteiger partial charge on any atom is -0.385 e.